The first-order valence-electron chi connectivity index (χ1n) is 7.03. The Morgan fingerprint density at radius 3 is 2.65 bits per heavy atom. The SMILES string of the molecule is C=CCNS(=O)(=O)c1cccc(C(=O)N(CCC)CC(=O)O)c1. The van der Waals surface area contributed by atoms with Crippen LogP contribution in [0.2, 0.25) is 0 Å². The molecule has 126 valence electrons. The van der Waals surface area contributed by atoms with E-state index in [2.05, 4.69) is 11.3 Å². The summed E-state index contributed by atoms with van der Waals surface area (Å²) in [4.78, 5) is 24.4. The summed E-state index contributed by atoms with van der Waals surface area (Å²) in [6.07, 6.45) is 2.00. The maximum Gasteiger partial charge on any atom is 0.323 e. The average Bonchev–Trinajstić information content (AvgIpc) is 2.51. The van der Waals surface area contributed by atoms with Crippen LogP contribution < -0.4 is 4.72 Å². The monoisotopic (exact) mass is 340 g/mol. The third-order valence-corrected chi connectivity index (χ3v) is 4.34. The zero-order valence-electron chi connectivity index (χ0n) is 12.9. The van der Waals surface area contributed by atoms with Crippen LogP contribution in [0.5, 0.6) is 0 Å². The van der Waals surface area contributed by atoms with Crippen LogP contribution in [0.3, 0.4) is 0 Å². The third-order valence-electron chi connectivity index (χ3n) is 2.92. The molecule has 1 amide bonds. The highest BCUT2D eigenvalue weighted by Gasteiger charge is 2.20. The van der Waals surface area contributed by atoms with Crippen LogP contribution in [-0.2, 0) is 14.8 Å². The molecular weight excluding hydrogens is 320 g/mol. The molecule has 1 aromatic carbocycles. The van der Waals surface area contributed by atoms with E-state index < -0.39 is 28.4 Å². The average molecular weight is 340 g/mol. The molecule has 0 heterocycles. The first-order chi connectivity index (χ1) is 10.8. The molecule has 0 aliphatic rings. The van der Waals surface area contributed by atoms with Crippen LogP contribution in [0.15, 0.2) is 41.8 Å². The normalized spacial score (nSPS) is 11.0. The van der Waals surface area contributed by atoms with E-state index in [1.807, 2.05) is 6.92 Å². The van der Waals surface area contributed by atoms with Crippen LogP contribution in [0.4, 0.5) is 0 Å². The lowest BCUT2D eigenvalue weighted by Gasteiger charge is -2.20. The van der Waals surface area contributed by atoms with Gasteiger partial charge in [0, 0.05) is 18.7 Å². The van der Waals surface area contributed by atoms with Gasteiger partial charge in [-0.05, 0) is 24.6 Å². The topological polar surface area (TPSA) is 104 Å². The van der Waals surface area contributed by atoms with E-state index in [1.54, 1.807) is 0 Å². The van der Waals surface area contributed by atoms with E-state index >= 15 is 0 Å². The number of carbonyl (C=O) groups is 2. The minimum absolute atomic E-state index is 0.0584. The minimum Gasteiger partial charge on any atom is -0.480 e. The van der Waals surface area contributed by atoms with Gasteiger partial charge in [0.25, 0.3) is 5.91 Å². The Balaban J connectivity index is 3.08. The van der Waals surface area contributed by atoms with E-state index in [-0.39, 0.29) is 23.5 Å². The molecule has 1 rings (SSSR count). The molecule has 0 aliphatic heterocycles. The summed E-state index contributed by atoms with van der Waals surface area (Å²) in [7, 11) is -3.75. The summed E-state index contributed by atoms with van der Waals surface area (Å²) >= 11 is 0. The molecule has 23 heavy (non-hydrogen) atoms. The number of carbonyl (C=O) groups excluding carboxylic acids is 1. The van der Waals surface area contributed by atoms with Crippen molar-refractivity contribution in [2.24, 2.45) is 0 Å². The standard InChI is InChI=1S/C15H20N2O5S/c1-3-8-16-23(21,22)13-7-5-6-12(10-13)15(20)17(9-4-2)11-14(18)19/h3,5-7,10,16H,1,4,8-9,11H2,2H3,(H,18,19). The molecule has 0 saturated heterocycles. The second-order valence-corrected chi connectivity index (χ2v) is 6.56. The van der Waals surface area contributed by atoms with Gasteiger partial charge in [0.2, 0.25) is 10.0 Å². The highest BCUT2D eigenvalue weighted by atomic mass is 32.2. The number of hydrogen-bond donors (Lipinski definition) is 2. The summed E-state index contributed by atoms with van der Waals surface area (Å²) in [6.45, 7) is 5.17. The summed E-state index contributed by atoms with van der Waals surface area (Å²) < 4.78 is 26.4. The van der Waals surface area contributed by atoms with Gasteiger partial charge in [0.05, 0.1) is 4.90 Å². The van der Waals surface area contributed by atoms with Gasteiger partial charge in [-0.2, -0.15) is 0 Å². The Labute approximate surface area is 135 Å². The summed E-state index contributed by atoms with van der Waals surface area (Å²) in [5.41, 5.74) is 0.126. The highest BCUT2D eigenvalue weighted by Crippen LogP contribution is 2.13. The van der Waals surface area contributed by atoms with E-state index in [0.717, 1.165) is 0 Å². The fourth-order valence-electron chi connectivity index (χ4n) is 1.92. The number of aliphatic carboxylic acids is 1. The second kappa shape index (κ2) is 8.44. The number of rotatable bonds is 9. The van der Waals surface area contributed by atoms with Crippen molar-refractivity contribution in [2.45, 2.75) is 18.2 Å². The van der Waals surface area contributed by atoms with Gasteiger partial charge in [0.1, 0.15) is 6.54 Å². The number of nitrogens with one attached hydrogen (secondary N) is 1. The molecule has 0 aliphatic carbocycles. The maximum atomic E-state index is 12.4. The quantitative estimate of drug-likeness (QED) is 0.655. The fraction of sp³-hybridized carbons (Fsp3) is 0.333. The van der Waals surface area contributed by atoms with Crippen LogP contribution in [0, 0.1) is 0 Å². The summed E-state index contributed by atoms with van der Waals surface area (Å²) in [5, 5.41) is 8.88. The lowest BCUT2D eigenvalue weighted by molar-refractivity contribution is -0.137. The van der Waals surface area contributed by atoms with E-state index in [1.165, 1.54) is 35.2 Å². The molecule has 0 bridgehead atoms. The number of hydrogen-bond acceptors (Lipinski definition) is 4. The first kappa shape index (κ1) is 18.9. The van der Waals surface area contributed by atoms with Gasteiger partial charge in [-0.15, -0.1) is 6.58 Å². The molecule has 0 fully saturated rings. The van der Waals surface area contributed by atoms with Crippen molar-refractivity contribution in [2.75, 3.05) is 19.6 Å². The van der Waals surface area contributed by atoms with Crippen molar-refractivity contribution in [3.8, 4) is 0 Å². The molecule has 2 N–H and O–H groups in total. The van der Waals surface area contributed by atoms with E-state index in [9.17, 15) is 18.0 Å². The predicted molar refractivity (Wildman–Crippen MR) is 85.7 cm³/mol. The van der Waals surface area contributed by atoms with Crippen molar-refractivity contribution in [1.82, 2.24) is 9.62 Å². The molecule has 0 aromatic heterocycles. The number of carboxylic acids is 1. The molecule has 8 heteroatoms. The maximum absolute atomic E-state index is 12.4. The Kier molecular flexibility index (Phi) is 6.92. The van der Waals surface area contributed by atoms with Crippen LogP contribution in [0.25, 0.3) is 0 Å². The molecule has 7 nitrogen and oxygen atoms in total. The van der Waals surface area contributed by atoms with Crippen LogP contribution in [-0.4, -0.2) is 49.9 Å². The van der Waals surface area contributed by atoms with Crippen molar-refractivity contribution in [3.05, 3.63) is 42.5 Å². The number of sulfonamides is 1. The molecular formula is C15H20N2O5S. The van der Waals surface area contributed by atoms with Crippen molar-refractivity contribution >= 4 is 21.9 Å². The van der Waals surface area contributed by atoms with Crippen molar-refractivity contribution in [3.63, 3.8) is 0 Å². The zero-order chi connectivity index (χ0) is 17.5. The lowest BCUT2D eigenvalue weighted by atomic mass is 10.2. The number of amides is 1. The first-order valence-corrected chi connectivity index (χ1v) is 8.51. The van der Waals surface area contributed by atoms with Gasteiger partial charge in [-0.1, -0.05) is 19.1 Å². The summed E-state index contributed by atoms with van der Waals surface area (Å²) in [5.74, 6) is -1.64. The lowest BCUT2D eigenvalue weighted by Crippen LogP contribution is -2.36. The summed E-state index contributed by atoms with van der Waals surface area (Å²) in [6, 6.07) is 5.50. The van der Waals surface area contributed by atoms with Gasteiger partial charge >= 0.3 is 5.97 Å². The van der Waals surface area contributed by atoms with E-state index in [4.69, 9.17) is 5.11 Å². The van der Waals surface area contributed by atoms with Gasteiger partial charge in [0.15, 0.2) is 0 Å². The van der Waals surface area contributed by atoms with Crippen LogP contribution in [0.1, 0.15) is 23.7 Å². The molecule has 0 spiro atoms. The predicted octanol–water partition coefficient (Wildman–Crippen LogP) is 1.09. The highest BCUT2D eigenvalue weighted by molar-refractivity contribution is 7.89. The number of benzene rings is 1. The van der Waals surface area contributed by atoms with Gasteiger partial charge < -0.3 is 10.0 Å². The second-order valence-electron chi connectivity index (χ2n) is 4.79. The minimum atomic E-state index is -3.75. The Bertz CT molecular complexity index is 685. The smallest absolute Gasteiger partial charge is 0.323 e. The zero-order valence-corrected chi connectivity index (χ0v) is 13.7. The van der Waals surface area contributed by atoms with Gasteiger partial charge in [-0.3, -0.25) is 9.59 Å². The third kappa shape index (κ3) is 5.50. The van der Waals surface area contributed by atoms with Gasteiger partial charge in [-0.25, -0.2) is 13.1 Å². The van der Waals surface area contributed by atoms with Crippen molar-refractivity contribution in [1.29, 1.82) is 0 Å². The molecule has 0 radical (unpaired) electrons. The van der Waals surface area contributed by atoms with Crippen LogP contribution >= 0.6 is 0 Å². The molecule has 1 aromatic rings. The molecule has 0 atom stereocenters. The fourth-order valence-corrected chi connectivity index (χ4v) is 2.96. The van der Waals surface area contributed by atoms with E-state index in [0.29, 0.717) is 6.42 Å². The van der Waals surface area contributed by atoms with Crippen molar-refractivity contribution < 1.29 is 23.1 Å². The molecule has 0 saturated carbocycles. The Morgan fingerprint density at radius 2 is 2.09 bits per heavy atom. The number of carboxylic acid groups (broad SMARTS) is 1. The number of nitrogens with zero attached hydrogens (tertiary/aromatic N) is 1. The molecule has 0 unspecified atom stereocenters. The Hall–Kier alpha value is -2.19. The largest absolute Gasteiger partial charge is 0.480 e. The Morgan fingerprint density at radius 1 is 1.39 bits per heavy atom.